The van der Waals surface area contributed by atoms with Gasteiger partial charge >= 0.3 is 12.0 Å². The maximum atomic E-state index is 12.8. The van der Waals surface area contributed by atoms with Crippen LogP contribution < -0.4 is 10.6 Å². The Morgan fingerprint density at radius 2 is 1.88 bits per heavy atom. The van der Waals surface area contributed by atoms with E-state index < -0.39 is 5.97 Å². The maximum absolute atomic E-state index is 12.8. The second-order valence-electron chi connectivity index (χ2n) is 7.70. The van der Waals surface area contributed by atoms with Crippen molar-refractivity contribution in [1.29, 1.82) is 0 Å². The first-order chi connectivity index (χ1) is 12.5. The summed E-state index contributed by atoms with van der Waals surface area (Å²) in [6.45, 7) is 1.17. The highest BCUT2D eigenvalue weighted by atomic mass is 16.4. The number of carbonyl (C=O) groups excluding carboxylic acids is 2. The van der Waals surface area contributed by atoms with Crippen molar-refractivity contribution in [3.05, 3.63) is 29.8 Å². The maximum Gasteiger partial charge on any atom is 0.319 e. The van der Waals surface area contributed by atoms with E-state index in [-0.39, 0.29) is 29.3 Å². The Balaban J connectivity index is 1.35. The minimum absolute atomic E-state index is 0.0707. The van der Waals surface area contributed by atoms with Gasteiger partial charge in [0.1, 0.15) is 0 Å². The topological polar surface area (TPSA) is 98.7 Å². The Hall–Kier alpha value is -2.57. The number of urea groups is 1. The molecule has 3 fully saturated rings. The van der Waals surface area contributed by atoms with Gasteiger partial charge in [0, 0.05) is 30.4 Å². The van der Waals surface area contributed by atoms with Gasteiger partial charge in [-0.05, 0) is 55.7 Å². The van der Waals surface area contributed by atoms with Gasteiger partial charge in [-0.2, -0.15) is 0 Å². The van der Waals surface area contributed by atoms with Crippen LogP contribution in [0.25, 0.3) is 0 Å². The molecule has 7 nitrogen and oxygen atoms in total. The number of nitrogens with zero attached hydrogens (tertiary/aromatic N) is 1. The Morgan fingerprint density at radius 1 is 1.15 bits per heavy atom. The number of piperidine rings is 1. The smallest absolute Gasteiger partial charge is 0.319 e. The predicted octanol–water partition coefficient (Wildman–Crippen LogP) is 2.30. The zero-order valence-corrected chi connectivity index (χ0v) is 14.5. The number of aliphatic carboxylic acids is 1. The third kappa shape index (κ3) is 3.38. The monoisotopic (exact) mass is 357 g/mol. The van der Waals surface area contributed by atoms with E-state index in [4.69, 9.17) is 5.11 Å². The van der Waals surface area contributed by atoms with Crippen molar-refractivity contribution in [2.24, 2.45) is 11.3 Å². The summed E-state index contributed by atoms with van der Waals surface area (Å²) in [5, 5.41) is 14.8. The number of nitrogens with one attached hydrogen (secondary N) is 2. The van der Waals surface area contributed by atoms with Gasteiger partial charge in [0.2, 0.25) is 0 Å². The van der Waals surface area contributed by atoms with Gasteiger partial charge < -0.3 is 20.6 Å². The van der Waals surface area contributed by atoms with E-state index in [0.29, 0.717) is 24.3 Å². The molecule has 2 aliphatic carbocycles. The van der Waals surface area contributed by atoms with Crippen molar-refractivity contribution in [2.75, 3.05) is 18.4 Å². The molecule has 1 spiro atoms. The fourth-order valence-electron chi connectivity index (χ4n) is 3.90. The summed E-state index contributed by atoms with van der Waals surface area (Å²) < 4.78 is 0. The zero-order chi connectivity index (χ0) is 18.3. The molecule has 1 aliphatic heterocycles. The van der Waals surface area contributed by atoms with Crippen molar-refractivity contribution >= 4 is 23.6 Å². The van der Waals surface area contributed by atoms with Gasteiger partial charge in [0.25, 0.3) is 5.91 Å². The lowest BCUT2D eigenvalue weighted by molar-refractivity contribution is -0.139. The van der Waals surface area contributed by atoms with Crippen LogP contribution in [0.5, 0.6) is 0 Å². The standard InChI is InChI=1S/C19H23N3O4/c23-16(22-8-6-19(7-9-22)11-15(19)17(24)25)12-2-1-3-14(10-12)21-18(26)20-13-4-5-13/h1-3,10,13,15H,4-9,11H2,(H,24,25)(H2,20,21,26). The number of likely N-dealkylation sites (tertiary alicyclic amines) is 1. The number of rotatable bonds is 4. The number of amides is 3. The minimum Gasteiger partial charge on any atom is -0.481 e. The molecular weight excluding hydrogens is 334 g/mol. The van der Waals surface area contributed by atoms with E-state index in [1.165, 1.54) is 0 Å². The van der Waals surface area contributed by atoms with Gasteiger partial charge in [-0.25, -0.2) is 4.79 Å². The van der Waals surface area contributed by atoms with Crippen molar-refractivity contribution in [3.63, 3.8) is 0 Å². The molecule has 0 bridgehead atoms. The largest absolute Gasteiger partial charge is 0.481 e. The number of carboxylic acid groups (broad SMARTS) is 1. The predicted molar refractivity (Wildman–Crippen MR) is 94.9 cm³/mol. The van der Waals surface area contributed by atoms with E-state index in [1.807, 2.05) is 0 Å². The van der Waals surface area contributed by atoms with E-state index in [0.717, 1.165) is 32.1 Å². The molecule has 3 amide bonds. The normalized spacial score (nSPS) is 23.4. The molecule has 7 heteroatoms. The minimum atomic E-state index is -0.715. The van der Waals surface area contributed by atoms with Crippen LogP contribution in [0.1, 0.15) is 42.5 Å². The van der Waals surface area contributed by atoms with Crippen molar-refractivity contribution in [1.82, 2.24) is 10.2 Å². The van der Waals surface area contributed by atoms with Crippen LogP contribution in [0.2, 0.25) is 0 Å². The van der Waals surface area contributed by atoms with Gasteiger partial charge in [0.05, 0.1) is 5.92 Å². The van der Waals surface area contributed by atoms with Crippen molar-refractivity contribution in [3.8, 4) is 0 Å². The molecule has 1 heterocycles. The van der Waals surface area contributed by atoms with E-state index in [2.05, 4.69) is 10.6 Å². The second kappa shape index (κ2) is 6.30. The van der Waals surface area contributed by atoms with Gasteiger partial charge in [-0.3, -0.25) is 9.59 Å². The molecule has 1 aromatic rings. The second-order valence-corrected chi connectivity index (χ2v) is 7.70. The highest BCUT2D eigenvalue weighted by Crippen LogP contribution is 2.59. The quantitative estimate of drug-likeness (QED) is 0.770. The average Bonchev–Trinajstić information content (AvgIpc) is 3.53. The molecular formula is C19H23N3O4. The van der Waals surface area contributed by atoms with Crippen molar-refractivity contribution in [2.45, 2.75) is 38.1 Å². The number of benzene rings is 1. The van der Waals surface area contributed by atoms with Gasteiger partial charge in [-0.1, -0.05) is 6.07 Å². The number of anilines is 1. The van der Waals surface area contributed by atoms with Crippen LogP contribution in [0.4, 0.5) is 10.5 Å². The molecule has 1 atom stereocenters. The first kappa shape index (κ1) is 16.9. The van der Waals surface area contributed by atoms with E-state index >= 15 is 0 Å². The van der Waals surface area contributed by atoms with Gasteiger partial charge in [-0.15, -0.1) is 0 Å². The van der Waals surface area contributed by atoms with E-state index in [9.17, 15) is 14.4 Å². The third-order valence-corrected chi connectivity index (χ3v) is 5.81. The first-order valence-electron chi connectivity index (χ1n) is 9.16. The number of hydrogen-bond donors (Lipinski definition) is 3. The zero-order valence-electron chi connectivity index (χ0n) is 14.5. The third-order valence-electron chi connectivity index (χ3n) is 5.81. The van der Waals surface area contributed by atoms with Crippen LogP contribution >= 0.6 is 0 Å². The lowest BCUT2D eigenvalue weighted by Gasteiger charge is -2.32. The molecule has 0 aromatic heterocycles. The number of hydrogen-bond acceptors (Lipinski definition) is 3. The Morgan fingerprint density at radius 3 is 2.50 bits per heavy atom. The highest BCUT2D eigenvalue weighted by molar-refractivity contribution is 5.97. The fraction of sp³-hybridized carbons (Fsp3) is 0.526. The van der Waals surface area contributed by atoms with Crippen LogP contribution in [0, 0.1) is 11.3 Å². The lowest BCUT2D eigenvalue weighted by atomic mass is 9.90. The Kier molecular flexibility index (Phi) is 4.09. The van der Waals surface area contributed by atoms with Gasteiger partial charge in [0.15, 0.2) is 0 Å². The first-order valence-corrected chi connectivity index (χ1v) is 9.16. The van der Waals surface area contributed by atoms with Crippen LogP contribution in [-0.2, 0) is 4.79 Å². The molecule has 3 aliphatic rings. The molecule has 1 aromatic carbocycles. The number of carbonyl (C=O) groups is 3. The van der Waals surface area contributed by atoms with Crippen LogP contribution in [0.15, 0.2) is 24.3 Å². The Bertz CT molecular complexity index is 751. The molecule has 2 saturated carbocycles. The highest BCUT2D eigenvalue weighted by Gasteiger charge is 2.59. The average molecular weight is 357 g/mol. The molecule has 4 rings (SSSR count). The fourth-order valence-corrected chi connectivity index (χ4v) is 3.90. The van der Waals surface area contributed by atoms with Crippen molar-refractivity contribution < 1.29 is 19.5 Å². The summed E-state index contributed by atoms with van der Waals surface area (Å²) in [4.78, 5) is 37.5. The molecule has 0 radical (unpaired) electrons. The molecule has 1 unspecified atom stereocenters. The van der Waals surface area contributed by atoms with E-state index in [1.54, 1.807) is 29.2 Å². The summed E-state index contributed by atoms with van der Waals surface area (Å²) in [6.07, 6.45) is 4.27. The number of carboxylic acids is 1. The summed E-state index contributed by atoms with van der Waals surface area (Å²) in [6, 6.07) is 6.98. The van der Waals surface area contributed by atoms with Crippen LogP contribution in [-0.4, -0.2) is 47.0 Å². The summed E-state index contributed by atoms with van der Waals surface area (Å²) in [5.41, 5.74) is 1.04. The molecule has 26 heavy (non-hydrogen) atoms. The lowest BCUT2D eigenvalue weighted by Crippen LogP contribution is -2.40. The molecule has 1 saturated heterocycles. The summed E-state index contributed by atoms with van der Waals surface area (Å²) in [7, 11) is 0. The molecule has 138 valence electrons. The van der Waals surface area contributed by atoms with Crippen LogP contribution in [0.3, 0.4) is 0 Å². The summed E-state index contributed by atoms with van der Waals surface area (Å²) >= 11 is 0. The Labute approximate surface area is 151 Å². The SMILES string of the molecule is O=C(Nc1cccc(C(=O)N2CCC3(CC2)CC3C(=O)O)c1)NC1CC1. The molecule has 3 N–H and O–H groups in total. The summed E-state index contributed by atoms with van der Waals surface area (Å²) in [5.74, 6) is -1.02.